The monoisotopic (exact) mass is 250 g/mol. The fourth-order valence-electron chi connectivity index (χ4n) is 2.34. The summed E-state index contributed by atoms with van der Waals surface area (Å²) in [7, 11) is 0. The number of hydrogen-bond acceptors (Lipinski definition) is 3. The second kappa shape index (κ2) is 6.32. The number of aliphatic hydroxyl groups excluding tert-OH is 1. The van der Waals surface area contributed by atoms with Crippen molar-refractivity contribution in [2.75, 3.05) is 6.61 Å². The van der Waals surface area contributed by atoms with Crippen molar-refractivity contribution in [1.82, 2.24) is 0 Å². The zero-order valence-electron chi connectivity index (χ0n) is 11.1. The third-order valence-corrected chi connectivity index (χ3v) is 3.78. The minimum Gasteiger partial charge on any atom is -0.374 e. The van der Waals surface area contributed by atoms with Gasteiger partial charge in [-0.1, -0.05) is 44.2 Å². The fraction of sp³-hybridized carbons (Fsp3) is 0.600. The molecule has 3 nitrogen and oxygen atoms in total. The molecule has 0 aromatic heterocycles. The first kappa shape index (κ1) is 13.5. The van der Waals surface area contributed by atoms with Gasteiger partial charge in [-0.15, -0.1) is 0 Å². The molecule has 18 heavy (non-hydrogen) atoms. The molecule has 0 saturated carbocycles. The van der Waals surface area contributed by atoms with Gasteiger partial charge in [-0.25, -0.2) is 0 Å². The summed E-state index contributed by atoms with van der Waals surface area (Å²) in [6, 6.07) is 10.1. The summed E-state index contributed by atoms with van der Waals surface area (Å²) in [5.41, 5.74) is 1.16. The molecule has 100 valence electrons. The first-order valence-corrected chi connectivity index (χ1v) is 6.62. The van der Waals surface area contributed by atoms with Crippen LogP contribution < -0.4 is 0 Å². The number of rotatable bonds is 4. The lowest BCUT2D eigenvalue weighted by Crippen LogP contribution is -2.41. The number of benzene rings is 1. The van der Waals surface area contributed by atoms with Gasteiger partial charge in [0.2, 0.25) is 0 Å². The molecule has 1 saturated heterocycles. The summed E-state index contributed by atoms with van der Waals surface area (Å²) in [5.74, 6) is 0.892. The van der Waals surface area contributed by atoms with Gasteiger partial charge in [-0.05, 0) is 17.4 Å². The van der Waals surface area contributed by atoms with Gasteiger partial charge >= 0.3 is 0 Å². The highest BCUT2D eigenvalue weighted by atomic mass is 16.6. The minimum absolute atomic E-state index is 0.00698. The maximum atomic E-state index is 9.61. The van der Waals surface area contributed by atoms with Crippen molar-refractivity contribution >= 4 is 0 Å². The minimum atomic E-state index is -0.637. The standard InChI is InChI=1S/C15H22O3/c1-11-8-15(16)18-14(12(11)2)10-17-9-13-6-4-3-5-7-13/h3-7,11-12,14-16H,8-10H2,1-2H3/t11-,12+,14?,15?/m1/s1. The maximum Gasteiger partial charge on any atom is 0.155 e. The van der Waals surface area contributed by atoms with E-state index in [1.54, 1.807) is 0 Å². The van der Waals surface area contributed by atoms with E-state index in [1.165, 1.54) is 0 Å². The molecule has 2 unspecified atom stereocenters. The van der Waals surface area contributed by atoms with E-state index >= 15 is 0 Å². The van der Waals surface area contributed by atoms with Crippen LogP contribution in [0.2, 0.25) is 0 Å². The van der Waals surface area contributed by atoms with E-state index in [4.69, 9.17) is 9.47 Å². The molecule has 1 fully saturated rings. The maximum absolute atomic E-state index is 9.61. The Bertz CT molecular complexity index is 352. The summed E-state index contributed by atoms with van der Waals surface area (Å²) in [6.45, 7) is 5.45. The van der Waals surface area contributed by atoms with Gasteiger partial charge in [0.15, 0.2) is 6.29 Å². The molecule has 1 aromatic carbocycles. The Morgan fingerprint density at radius 1 is 1.28 bits per heavy atom. The molecule has 0 amide bonds. The lowest BCUT2D eigenvalue weighted by Gasteiger charge is -2.36. The largest absolute Gasteiger partial charge is 0.374 e. The summed E-state index contributed by atoms with van der Waals surface area (Å²) in [4.78, 5) is 0. The number of ether oxygens (including phenoxy) is 2. The van der Waals surface area contributed by atoms with Crippen molar-refractivity contribution in [3.63, 3.8) is 0 Å². The van der Waals surface area contributed by atoms with E-state index in [-0.39, 0.29) is 6.10 Å². The summed E-state index contributed by atoms with van der Waals surface area (Å²) >= 11 is 0. The van der Waals surface area contributed by atoms with Crippen LogP contribution in [0, 0.1) is 11.8 Å². The van der Waals surface area contributed by atoms with Gasteiger partial charge in [0.05, 0.1) is 19.3 Å². The quantitative estimate of drug-likeness (QED) is 0.892. The molecule has 1 aliphatic rings. The molecule has 0 bridgehead atoms. The van der Waals surface area contributed by atoms with Crippen LogP contribution in [-0.4, -0.2) is 24.1 Å². The molecule has 1 heterocycles. The number of aliphatic hydroxyl groups is 1. The fourth-order valence-corrected chi connectivity index (χ4v) is 2.34. The van der Waals surface area contributed by atoms with Gasteiger partial charge in [-0.2, -0.15) is 0 Å². The summed E-state index contributed by atoms with van der Waals surface area (Å²) in [5, 5.41) is 9.61. The molecule has 2 rings (SSSR count). The second-order valence-electron chi connectivity index (χ2n) is 5.20. The van der Waals surface area contributed by atoms with Gasteiger partial charge in [-0.3, -0.25) is 0 Å². The van der Waals surface area contributed by atoms with Gasteiger partial charge < -0.3 is 14.6 Å². The van der Waals surface area contributed by atoms with Crippen molar-refractivity contribution < 1.29 is 14.6 Å². The van der Waals surface area contributed by atoms with Crippen LogP contribution in [0.15, 0.2) is 30.3 Å². The van der Waals surface area contributed by atoms with Gasteiger partial charge in [0.1, 0.15) is 0 Å². The normalized spacial score (nSPS) is 32.4. The predicted octanol–water partition coefficient (Wildman–Crippen LogP) is 2.58. The number of hydrogen-bond donors (Lipinski definition) is 1. The average Bonchev–Trinajstić information content (AvgIpc) is 2.36. The van der Waals surface area contributed by atoms with Crippen LogP contribution in [0.25, 0.3) is 0 Å². The van der Waals surface area contributed by atoms with Crippen LogP contribution in [0.5, 0.6) is 0 Å². The summed E-state index contributed by atoms with van der Waals surface area (Å²) < 4.78 is 11.2. The van der Waals surface area contributed by atoms with Crippen molar-refractivity contribution in [1.29, 1.82) is 0 Å². The lowest BCUT2D eigenvalue weighted by molar-refractivity contribution is -0.209. The Kier molecular flexibility index (Phi) is 4.75. The van der Waals surface area contributed by atoms with Crippen molar-refractivity contribution in [3.8, 4) is 0 Å². The van der Waals surface area contributed by atoms with Crippen molar-refractivity contribution in [2.45, 2.75) is 39.3 Å². The highest BCUT2D eigenvalue weighted by molar-refractivity contribution is 5.13. The molecule has 3 heteroatoms. The van der Waals surface area contributed by atoms with E-state index in [0.29, 0.717) is 25.0 Å². The smallest absolute Gasteiger partial charge is 0.155 e. The Labute approximate surface area is 109 Å². The predicted molar refractivity (Wildman–Crippen MR) is 69.9 cm³/mol. The first-order chi connectivity index (χ1) is 8.66. The van der Waals surface area contributed by atoms with Crippen LogP contribution >= 0.6 is 0 Å². The Morgan fingerprint density at radius 2 is 2.00 bits per heavy atom. The molecule has 0 aliphatic carbocycles. The Morgan fingerprint density at radius 3 is 2.72 bits per heavy atom. The zero-order chi connectivity index (χ0) is 13.0. The highest BCUT2D eigenvalue weighted by Gasteiger charge is 2.32. The molecule has 0 radical (unpaired) electrons. The molecule has 4 atom stereocenters. The van der Waals surface area contributed by atoms with E-state index in [0.717, 1.165) is 12.0 Å². The van der Waals surface area contributed by atoms with Gasteiger partial charge in [0.25, 0.3) is 0 Å². The Hall–Kier alpha value is -0.900. The van der Waals surface area contributed by atoms with Crippen LogP contribution in [0.4, 0.5) is 0 Å². The molecule has 1 aliphatic heterocycles. The van der Waals surface area contributed by atoms with E-state index < -0.39 is 6.29 Å². The third-order valence-electron chi connectivity index (χ3n) is 3.78. The van der Waals surface area contributed by atoms with E-state index in [1.807, 2.05) is 30.3 Å². The molecule has 1 aromatic rings. The average molecular weight is 250 g/mol. The van der Waals surface area contributed by atoms with Gasteiger partial charge in [0, 0.05) is 6.42 Å². The first-order valence-electron chi connectivity index (χ1n) is 6.62. The van der Waals surface area contributed by atoms with Crippen molar-refractivity contribution in [2.24, 2.45) is 11.8 Å². The molecule has 0 spiro atoms. The molecular formula is C15H22O3. The van der Waals surface area contributed by atoms with Crippen LogP contribution in [0.1, 0.15) is 25.8 Å². The molecule has 1 N–H and O–H groups in total. The SMILES string of the molecule is C[C@@H]1CC(O)OC(COCc2ccccc2)[C@H]1C. The highest BCUT2D eigenvalue weighted by Crippen LogP contribution is 2.29. The van der Waals surface area contributed by atoms with Crippen molar-refractivity contribution in [3.05, 3.63) is 35.9 Å². The lowest BCUT2D eigenvalue weighted by atomic mass is 9.86. The van der Waals surface area contributed by atoms with Crippen LogP contribution in [-0.2, 0) is 16.1 Å². The summed E-state index contributed by atoms with van der Waals surface area (Å²) in [6.07, 6.45) is 0.0741. The van der Waals surface area contributed by atoms with Crippen LogP contribution in [0.3, 0.4) is 0 Å². The third kappa shape index (κ3) is 3.55. The second-order valence-corrected chi connectivity index (χ2v) is 5.20. The van der Waals surface area contributed by atoms with E-state index in [2.05, 4.69) is 13.8 Å². The Balaban J connectivity index is 1.79. The topological polar surface area (TPSA) is 38.7 Å². The van der Waals surface area contributed by atoms with E-state index in [9.17, 15) is 5.11 Å². The molecular weight excluding hydrogens is 228 g/mol. The zero-order valence-corrected chi connectivity index (χ0v) is 11.1.